The van der Waals surface area contributed by atoms with Gasteiger partial charge in [-0.2, -0.15) is 0 Å². The largest absolute Gasteiger partial charge is 0.326 e. The predicted octanol–water partition coefficient (Wildman–Crippen LogP) is 3.20. The number of hydrogen-bond donors (Lipinski definition) is 2. The molecule has 2 aromatic carbocycles. The Morgan fingerprint density at radius 3 is 2.40 bits per heavy atom. The maximum absolute atomic E-state index is 12.3. The molecule has 0 radical (unpaired) electrons. The SMILES string of the molecule is NCc1ccc(Cl)c(S(=O)(=O)Nc2ccc(I)cc2)c1. The third-order valence-corrected chi connectivity index (χ3v) is 5.20. The Hall–Kier alpha value is -0.830. The fraction of sp³-hybridized carbons (Fsp3) is 0.0769. The fourth-order valence-corrected chi connectivity index (χ4v) is 3.58. The number of rotatable bonds is 4. The molecule has 0 aromatic heterocycles. The Balaban J connectivity index is 2.37. The van der Waals surface area contributed by atoms with Gasteiger partial charge in [0.15, 0.2) is 0 Å². The van der Waals surface area contributed by atoms with Crippen LogP contribution in [-0.2, 0) is 16.6 Å². The Morgan fingerprint density at radius 2 is 1.80 bits per heavy atom. The van der Waals surface area contributed by atoms with Crippen LogP contribution in [0.1, 0.15) is 5.56 Å². The lowest BCUT2D eigenvalue weighted by Gasteiger charge is -2.10. The fourth-order valence-electron chi connectivity index (χ4n) is 1.61. The van der Waals surface area contributed by atoms with Gasteiger partial charge in [0.05, 0.1) is 5.02 Å². The van der Waals surface area contributed by atoms with Gasteiger partial charge in [-0.25, -0.2) is 8.42 Å². The van der Waals surface area contributed by atoms with Gasteiger partial charge >= 0.3 is 0 Å². The van der Waals surface area contributed by atoms with E-state index in [1.54, 1.807) is 18.2 Å². The molecule has 0 fully saturated rings. The number of nitrogens with two attached hydrogens (primary N) is 1. The predicted molar refractivity (Wildman–Crippen MR) is 89.3 cm³/mol. The Kier molecular flexibility index (Phi) is 4.90. The highest BCUT2D eigenvalue weighted by Gasteiger charge is 2.18. The minimum absolute atomic E-state index is 0.0284. The molecule has 0 aliphatic carbocycles. The van der Waals surface area contributed by atoms with Crippen LogP contribution in [0.4, 0.5) is 5.69 Å². The van der Waals surface area contributed by atoms with Crippen molar-refractivity contribution in [3.63, 3.8) is 0 Å². The second kappa shape index (κ2) is 6.30. The van der Waals surface area contributed by atoms with Crippen LogP contribution in [0, 0.1) is 3.57 Å². The van der Waals surface area contributed by atoms with Gasteiger partial charge in [0.25, 0.3) is 10.0 Å². The van der Waals surface area contributed by atoms with E-state index in [9.17, 15) is 8.42 Å². The van der Waals surface area contributed by atoms with Crippen molar-refractivity contribution in [3.8, 4) is 0 Å². The van der Waals surface area contributed by atoms with E-state index in [2.05, 4.69) is 27.3 Å². The lowest BCUT2D eigenvalue weighted by atomic mass is 10.2. The number of hydrogen-bond acceptors (Lipinski definition) is 3. The van der Waals surface area contributed by atoms with Crippen LogP contribution in [0.2, 0.25) is 5.02 Å². The van der Waals surface area contributed by atoms with Crippen LogP contribution in [0.15, 0.2) is 47.4 Å². The lowest BCUT2D eigenvalue weighted by molar-refractivity contribution is 0.601. The number of anilines is 1. The van der Waals surface area contributed by atoms with E-state index in [0.717, 1.165) is 3.57 Å². The zero-order valence-corrected chi connectivity index (χ0v) is 14.0. The highest BCUT2D eigenvalue weighted by molar-refractivity contribution is 14.1. The van der Waals surface area contributed by atoms with Crippen LogP contribution in [0.5, 0.6) is 0 Å². The molecule has 2 aromatic rings. The molecule has 0 saturated carbocycles. The zero-order chi connectivity index (χ0) is 14.8. The number of benzene rings is 2. The first kappa shape index (κ1) is 15.6. The van der Waals surface area contributed by atoms with Crippen molar-refractivity contribution in [1.29, 1.82) is 0 Å². The van der Waals surface area contributed by atoms with Crippen LogP contribution in [0.3, 0.4) is 0 Å². The van der Waals surface area contributed by atoms with Crippen molar-refractivity contribution in [2.75, 3.05) is 4.72 Å². The monoisotopic (exact) mass is 422 g/mol. The first-order valence-corrected chi connectivity index (χ1v) is 8.63. The van der Waals surface area contributed by atoms with E-state index in [1.165, 1.54) is 12.1 Å². The summed E-state index contributed by atoms with van der Waals surface area (Å²) in [6.45, 7) is 0.253. The van der Waals surface area contributed by atoms with E-state index < -0.39 is 10.0 Å². The van der Waals surface area contributed by atoms with Crippen LogP contribution in [0.25, 0.3) is 0 Å². The Bertz CT molecular complexity index is 718. The van der Waals surface area contributed by atoms with Crippen LogP contribution < -0.4 is 10.5 Å². The first-order valence-electron chi connectivity index (χ1n) is 5.69. The third kappa shape index (κ3) is 3.63. The van der Waals surface area contributed by atoms with E-state index in [1.807, 2.05) is 12.1 Å². The van der Waals surface area contributed by atoms with Crippen molar-refractivity contribution >= 4 is 49.9 Å². The zero-order valence-electron chi connectivity index (χ0n) is 10.3. The summed E-state index contributed by atoms with van der Waals surface area (Å²) in [5.74, 6) is 0. The molecule has 0 spiro atoms. The third-order valence-electron chi connectivity index (χ3n) is 2.62. The molecule has 3 N–H and O–H groups in total. The van der Waals surface area contributed by atoms with Crippen molar-refractivity contribution in [1.82, 2.24) is 0 Å². The smallest absolute Gasteiger partial charge is 0.263 e. The topological polar surface area (TPSA) is 72.2 Å². The van der Waals surface area contributed by atoms with Gasteiger partial charge in [0, 0.05) is 15.8 Å². The molecule has 0 aliphatic heterocycles. The summed E-state index contributed by atoms with van der Waals surface area (Å²) in [7, 11) is -3.73. The Morgan fingerprint density at radius 1 is 1.15 bits per heavy atom. The van der Waals surface area contributed by atoms with E-state index >= 15 is 0 Å². The molecule has 0 heterocycles. The van der Waals surface area contributed by atoms with Crippen LogP contribution in [-0.4, -0.2) is 8.42 Å². The molecule has 4 nitrogen and oxygen atoms in total. The minimum Gasteiger partial charge on any atom is -0.326 e. The molecule has 0 amide bonds. The summed E-state index contributed by atoms with van der Waals surface area (Å²) >= 11 is 8.12. The minimum atomic E-state index is -3.73. The maximum atomic E-state index is 12.3. The summed E-state index contributed by atoms with van der Waals surface area (Å²) in [6, 6.07) is 11.7. The van der Waals surface area contributed by atoms with Crippen molar-refractivity contribution in [2.45, 2.75) is 11.4 Å². The van der Waals surface area contributed by atoms with Gasteiger partial charge in [0.1, 0.15) is 4.90 Å². The highest BCUT2D eigenvalue weighted by Crippen LogP contribution is 2.25. The summed E-state index contributed by atoms with van der Waals surface area (Å²) in [6.07, 6.45) is 0. The number of halogens is 2. The first-order chi connectivity index (χ1) is 9.42. The van der Waals surface area contributed by atoms with E-state index in [0.29, 0.717) is 11.3 Å². The summed E-state index contributed by atoms with van der Waals surface area (Å²) in [4.78, 5) is 0.0284. The van der Waals surface area contributed by atoms with Crippen molar-refractivity contribution < 1.29 is 8.42 Å². The van der Waals surface area contributed by atoms with Crippen LogP contribution >= 0.6 is 34.2 Å². The quantitative estimate of drug-likeness (QED) is 0.743. The van der Waals surface area contributed by atoms with Crippen molar-refractivity contribution in [3.05, 3.63) is 56.6 Å². The molecule has 0 unspecified atom stereocenters. The lowest BCUT2D eigenvalue weighted by Crippen LogP contribution is -2.14. The molecule has 7 heteroatoms. The van der Waals surface area contributed by atoms with Gasteiger partial charge < -0.3 is 5.73 Å². The average Bonchev–Trinajstić information content (AvgIpc) is 2.41. The second-order valence-electron chi connectivity index (χ2n) is 4.08. The van der Waals surface area contributed by atoms with Gasteiger partial charge in [0.2, 0.25) is 0 Å². The molecule has 2 rings (SSSR count). The molecule has 0 saturated heterocycles. The Labute approximate surface area is 136 Å². The average molecular weight is 423 g/mol. The van der Waals surface area contributed by atoms with E-state index in [4.69, 9.17) is 17.3 Å². The molecule has 106 valence electrons. The standard InChI is InChI=1S/C13H12ClIN2O2S/c14-12-6-1-9(8-16)7-13(12)20(18,19)17-11-4-2-10(15)3-5-11/h1-7,17H,8,16H2. The molecule has 0 bridgehead atoms. The van der Waals surface area contributed by atoms with Crippen molar-refractivity contribution in [2.24, 2.45) is 5.73 Å². The number of sulfonamides is 1. The normalized spacial score (nSPS) is 11.3. The van der Waals surface area contributed by atoms with Gasteiger partial charge in [-0.15, -0.1) is 0 Å². The maximum Gasteiger partial charge on any atom is 0.263 e. The summed E-state index contributed by atoms with van der Waals surface area (Å²) in [5.41, 5.74) is 6.71. The molecule has 0 atom stereocenters. The van der Waals surface area contributed by atoms with E-state index in [-0.39, 0.29) is 16.5 Å². The summed E-state index contributed by atoms with van der Waals surface area (Å²) < 4.78 is 28.2. The molecular weight excluding hydrogens is 411 g/mol. The van der Waals surface area contributed by atoms with Gasteiger partial charge in [-0.1, -0.05) is 17.7 Å². The van der Waals surface area contributed by atoms with Gasteiger partial charge in [-0.3, -0.25) is 4.72 Å². The van der Waals surface area contributed by atoms with Gasteiger partial charge in [-0.05, 0) is 64.6 Å². The summed E-state index contributed by atoms with van der Waals surface area (Å²) in [5, 5.41) is 0.167. The number of nitrogens with one attached hydrogen (secondary N) is 1. The molecule has 20 heavy (non-hydrogen) atoms. The second-order valence-corrected chi connectivity index (χ2v) is 7.38. The molecular formula is C13H12ClIN2O2S. The molecule has 0 aliphatic rings. The highest BCUT2D eigenvalue weighted by atomic mass is 127.